The minimum Gasteiger partial charge on any atom is -0.313 e. The highest BCUT2D eigenvalue weighted by molar-refractivity contribution is 7.88. The van der Waals surface area contributed by atoms with Crippen LogP contribution in [0.1, 0.15) is 24.5 Å². The van der Waals surface area contributed by atoms with Crippen molar-refractivity contribution in [3.63, 3.8) is 0 Å². The van der Waals surface area contributed by atoms with Crippen LogP contribution in [0.25, 0.3) is 0 Å². The van der Waals surface area contributed by atoms with Crippen LogP contribution in [0.15, 0.2) is 54.6 Å². The van der Waals surface area contributed by atoms with Crippen molar-refractivity contribution in [2.24, 2.45) is 0 Å². The number of sulfonamides is 1. The van der Waals surface area contributed by atoms with Crippen molar-refractivity contribution in [2.75, 3.05) is 30.8 Å². The first kappa shape index (κ1) is 21.1. The Kier molecular flexibility index (Phi) is 7.56. The van der Waals surface area contributed by atoms with Gasteiger partial charge in [-0.15, -0.1) is 0 Å². The standard InChI is InChI=1S/C21H28N2O3S/c1-4-23(20-12-8-9-18(2)17-20)21(24)14-16-22(27(3,25)26)15-13-19-10-6-5-7-11-19/h5-12,17H,4,13-16H2,1-3H3. The molecule has 2 aromatic carbocycles. The van der Waals surface area contributed by atoms with Crippen LogP contribution < -0.4 is 4.90 Å². The topological polar surface area (TPSA) is 57.7 Å². The minimum absolute atomic E-state index is 0.0727. The lowest BCUT2D eigenvalue weighted by Gasteiger charge is -2.24. The Morgan fingerprint density at radius 1 is 1.00 bits per heavy atom. The fourth-order valence-electron chi connectivity index (χ4n) is 3.00. The van der Waals surface area contributed by atoms with E-state index in [1.54, 1.807) is 4.90 Å². The summed E-state index contributed by atoms with van der Waals surface area (Å²) in [5.41, 5.74) is 3.00. The molecule has 146 valence electrons. The molecule has 2 aromatic rings. The van der Waals surface area contributed by atoms with Crippen LogP contribution in [0.2, 0.25) is 0 Å². The highest BCUT2D eigenvalue weighted by atomic mass is 32.2. The third-order valence-corrected chi connectivity index (χ3v) is 5.77. The lowest BCUT2D eigenvalue weighted by atomic mass is 10.1. The second kappa shape index (κ2) is 9.67. The molecular weight excluding hydrogens is 360 g/mol. The molecule has 1 amide bonds. The van der Waals surface area contributed by atoms with E-state index < -0.39 is 10.0 Å². The zero-order chi connectivity index (χ0) is 19.9. The van der Waals surface area contributed by atoms with E-state index in [9.17, 15) is 13.2 Å². The van der Waals surface area contributed by atoms with Crippen LogP contribution in [0.3, 0.4) is 0 Å². The molecule has 0 saturated carbocycles. The van der Waals surface area contributed by atoms with Gasteiger partial charge in [0.25, 0.3) is 0 Å². The lowest BCUT2D eigenvalue weighted by Crippen LogP contribution is -2.37. The summed E-state index contributed by atoms with van der Waals surface area (Å²) in [5, 5.41) is 0. The Morgan fingerprint density at radius 2 is 1.70 bits per heavy atom. The maximum absolute atomic E-state index is 12.7. The zero-order valence-corrected chi connectivity index (χ0v) is 17.1. The lowest BCUT2D eigenvalue weighted by molar-refractivity contribution is -0.118. The molecule has 0 fully saturated rings. The van der Waals surface area contributed by atoms with Crippen molar-refractivity contribution in [1.29, 1.82) is 0 Å². The molecule has 0 N–H and O–H groups in total. The molecule has 0 aliphatic heterocycles. The van der Waals surface area contributed by atoms with E-state index in [4.69, 9.17) is 0 Å². The van der Waals surface area contributed by atoms with Crippen LogP contribution in [0.4, 0.5) is 5.69 Å². The number of carbonyl (C=O) groups excluding carboxylic acids is 1. The third-order valence-electron chi connectivity index (χ3n) is 4.47. The SMILES string of the molecule is CCN(C(=O)CCN(CCc1ccccc1)S(C)(=O)=O)c1cccc(C)c1. The summed E-state index contributed by atoms with van der Waals surface area (Å²) < 4.78 is 25.6. The van der Waals surface area contributed by atoms with Gasteiger partial charge >= 0.3 is 0 Å². The van der Waals surface area contributed by atoms with Crippen molar-refractivity contribution in [2.45, 2.75) is 26.7 Å². The maximum atomic E-state index is 12.7. The number of carbonyl (C=O) groups is 1. The maximum Gasteiger partial charge on any atom is 0.228 e. The molecule has 5 nitrogen and oxygen atoms in total. The Bertz CT molecular complexity index is 851. The Balaban J connectivity index is 2.01. The number of amides is 1. The van der Waals surface area contributed by atoms with Crippen molar-refractivity contribution < 1.29 is 13.2 Å². The summed E-state index contributed by atoms with van der Waals surface area (Å²) in [7, 11) is -3.37. The predicted molar refractivity (Wildman–Crippen MR) is 110 cm³/mol. The van der Waals surface area contributed by atoms with E-state index in [0.29, 0.717) is 19.5 Å². The Hall–Kier alpha value is -2.18. The summed E-state index contributed by atoms with van der Waals surface area (Å²) in [6.07, 6.45) is 1.97. The third kappa shape index (κ3) is 6.48. The van der Waals surface area contributed by atoms with Crippen LogP contribution in [0.5, 0.6) is 0 Å². The van der Waals surface area contributed by atoms with Gasteiger partial charge in [-0.1, -0.05) is 42.5 Å². The first-order valence-corrected chi connectivity index (χ1v) is 11.0. The average molecular weight is 389 g/mol. The summed E-state index contributed by atoms with van der Waals surface area (Å²) in [6, 6.07) is 17.5. The van der Waals surface area contributed by atoms with Crippen LogP contribution in [0, 0.1) is 6.92 Å². The largest absolute Gasteiger partial charge is 0.313 e. The fraction of sp³-hybridized carbons (Fsp3) is 0.381. The first-order valence-electron chi connectivity index (χ1n) is 9.17. The number of anilines is 1. The smallest absolute Gasteiger partial charge is 0.228 e. The van der Waals surface area contributed by atoms with Gasteiger partial charge in [-0.2, -0.15) is 0 Å². The van der Waals surface area contributed by atoms with Gasteiger partial charge in [0.05, 0.1) is 6.26 Å². The molecule has 0 atom stereocenters. The molecule has 6 heteroatoms. The molecule has 0 unspecified atom stereocenters. The van der Waals surface area contributed by atoms with Gasteiger partial charge in [0, 0.05) is 31.7 Å². The molecular formula is C21H28N2O3S. The van der Waals surface area contributed by atoms with E-state index in [1.165, 1.54) is 10.6 Å². The van der Waals surface area contributed by atoms with Crippen molar-refractivity contribution in [1.82, 2.24) is 4.31 Å². The number of hydrogen-bond donors (Lipinski definition) is 0. The summed E-state index contributed by atoms with van der Waals surface area (Å²) in [5.74, 6) is -0.0727. The van der Waals surface area contributed by atoms with E-state index in [2.05, 4.69) is 0 Å². The van der Waals surface area contributed by atoms with Gasteiger partial charge in [-0.25, -0.2) is 12.7 Å². The molecule has 0 radical (unpaired) electrons. The predicted octanol–water partition coefficient (Wildman–Crippen LogP) is 3.24. The van der Waals surface area contributed by atoms with Gasteiger partial charge in [0.2, 0.25) is 15.9 Å². The van der Waals surface area contributed by atoms with Crippen LogP contribution in [-0.2, 0) is 21.2 Å². The van der Waals surface area contributed by atoms with E-state index in [1.807, 2.05) is 68.4 Å². The molecule has 0 bridgehead atoms. The van der Waals surface area contributed by atoms with E-state index in [0.717, 1.165) is 16.8 Å². The van der Waals surface area contributed by atoms with Crippen LogP contribution >= 0.6 is 0 Å². The highest BCUT2D eigenvalue weighted by Crippen LogP contribution is 2.17. The summed E-state index contributed by atoms with van der Waals surface area (Å²) in [6.45, 7) is 5.01. The number of aryl methyl sites for hydroxylation is 1. The molecule has 2 rings (SSSR count). The number of nitrogens with zero attached hydrogens (tertiary/aromatic N) is 2. The van der Waals surface area contributed by atoms with Gasteiger partial charge < -0.3 is 4.90 Å². The number of hydrogen-bond acceptors (Lipinski definition) is 3. The van der Waals surface area contributed by atoms with E-state index >= 15 is 0 Å². The van der Waals surface area contributed by atoms with Crippen molar-refractivity contribution in [3.05, 3.63) is 65.7 Å². The molecule has 0 heterocycles. The number of benzene rings is 2. The Morgan fingerprint density at radius 3 is 2.30 bits per heavy atom. The second-order valence-electron chi connectivity index (χ2n) is 6.62. The minimum atomic E-state index is -3.37. The second-order valence-corrected chi connectivity index (χ2v) is 8.61. The molecule has 27 heavy (non-hydrogen) atoms. The summed E-state index contributed by atoms with van der Waals surface area (Å²) in [4.78, 5) is 14.4. The highest BCUT2D eigenvalue weighted by Gasteiger charge is 2.20. The number of rotatable bonds is 9. The molecule has 0 saturated heterocycles. The molecule has 0 aromatic heterocycles. The van der Waals surface area contributed by atoms with Crippen molar-refractivity contribution in [3.8, 4) is 0 Å². The van der Waals surface area contributed by atoms with Gasteiger partial charge in [0.15, 0.2) is 0 Å². The average Bonchev–Trinajstić information content (AvgIpc) is 2.62. The van der Waals surface area contributed by atoms with Gasteiger partial charge in [-0.3, -0.25) is 4.79 Å². The van der Waals surface area contributed by atoms with Gasteiger partial charge in [-0.05, 0) is 43.5 Å². The molecule has 0 aliphatic rings. The van der Waals surface area contributed by atoms with Crippen molar-refractivity contribution >= 4 is 21.6 Å². The molecule has 0 spiro atoms. The normalized spacial score (nSPS) is 11.6. The van der Waals surface area contributed by atoms with E-state index in [-0.39, 0.29) is 18.9 Å². The van der Waals surface area contributed by atoms with Crippen LogP contribution in [-0.4, -0.2) is 44.5 Å². The summed E-state index contributed by atoms with van der Waals surface area (Å²) >= 11 is 0. The Labute approximate surface area is 162 Å². The first-order chi connectivity index (χ1) is 12.8. The van der Waals surface area contributed by atoms with Gasteiger partial charge in [0.1, 0.15) is 0 Å². The quantitative estimate of drug-likeness (QED) is 0.663. The molecule has 0 aliphatic carbocycles. The fourth-order valence-corrected chi connectivity index (χ4v) is 3.84. The monoisotopic (exact) mass is 388 g/mol. The zero-order valence-electron chi connectivity index (χ0n) is 16.3.